The number of rotatable bonds is 3. The molecule has 1 heterocycles. The van der Waals surface area contributed by atoms with Crippen molar-refractivity contribution in [3.63, 3.8) is 0 Å². The zero-order valence-corrected chi connectivity index (χ0v) is 12.0. The number of anilines is 1. The highest BCUT2D eigenvalue weighted by molar-refractivity contribution is 6.17. The highest BCUT2D eigenvalue weighted by atomic mass is 35.5. The molecule has 2 aromatic carbocycles. The zero-order chi connectivity index (χ0) is 13.9. The Hall–Kier alpha value is -1.54. The van der Waals surface area contributed by atoms with Crippen LogP contribution in [0.15, 0.2) is 48.5 Å². The van der Waals surface area contributed by atoms with Crippen molar-refractivity contribution < 1.29 is 4.39 Å². The van der Waals surface area contributed by atoms with Gasteiger partial charge in [0.15, 0.2) is 0 Å². The van der Waals surface area contributed by atoms with Crippen LogP contribution in [0.4, 0.5) is 10.1 Å². The summed E-state index contributed by atoms with van der Waals surface area (Å²) in [5.74, 6) is 0.649. The van der Waals surface area contributed by atoms with Crippen LogP contribution in [0.3, 0.4) is 0 Å². The van der Waals surface area contributed by atoms with Crippen LogP contribution in [-0.2, 0) is 5.88 Å². The Labute approximate surface area is 124 Å². The molecule has 1 fully saturated rings. The maximum Gasteiger partial charge on any atom is 0.146 e. The number of para-hydroxylation sites is 1. The molecule has 0 bridgehead atoms. The molecule has 1 nitrogen and oxygen atoms in total. The summed E-state index contributed by atoms with van der Waals surface area (Å²) in [6.07, 6.45) is 1.06. The lowest BCUT2D eigenvalue weighted by molar-refractivity contribution is 0.621. The summed E-state index contributed by atoms with van der Waals surface area (Å²) >= 11 is 5.94. The van der Waals surface area contributed by atoms with Crippen molar-refractivity contribution in [3.8, 4) is 0 Å². The number of halogens is 2. The van der Waals surface area contributed by atoms with E-state index < -0.39 is 0 Å². The molecule has 2 aromatic rings. The fourth-order valence-electron chi connectivity index (χ4n) is 2.98. The predicted molar refractivity (Wildman–Crippen MR) is 82.0 cm³/mol. The van der Waals surface area contributed by atoms with E-state index in [4.69, 9.17) is 11.6 Å². The van der Waals surface area contributed by atoms with Crippen molar-refractivity contribution in [2.45, 2.75) is 18.2 Å². The van der Waals surface area contributed by atoms with Crippen LogP contribution in [0.25, 0.3) is 0 Å². The highest BCUT2D eigenvalue weighted by Gasteiger charge is 2.26. The largest absolute Gasteiger partial charge is 0.368 e. The van der Waals surface area contributed by atoms with Gasteiger partial charge in [-0.3, -0.25) is 0 Å². The van der Waals surface area contributed by atoms with Gasteiger partial charge in [-0.1, -0.05) is 42.5 Å². The Morgan fingerprint density at radius 1 is 1.10 bits per heavy atom. The van der Waals surface area contributed by atoms with Crippen LogP contribution in [-0.4, -0.2) is 13.1 Å². The third kappa shape index (κ3) is 2.53. The van der Waals surface area contributed by atoms with Gasteiger partial charge in [0.2, 0.25) is 0 Å². The van der Waals surface area contributed by atoms with Crippen LogP contribution in [0, 0.1) is 5.82 Å². The van der Waals surface area contributed by atoms with Gasteiger partial charge in [-0.15, -0.1) is 11.6 Å². The molecule has 20 heavy (non-hydrogen) atoms. The van der Waals surface area contributed by atoms with E-state index in [0.717, 1.165) is 25.1 Å². The first-order chi connectivity index (χ1) is 9.79. The van der Waals surface area contributed by atoms with Crippen LogP contribution in [0.2, 0.25) is 0 Å². The van der Waals surface area contributed by atoms with Gasteiger partial charge in [0, 0.05) is 24.9 Å². The molecule has 3 rings (SSSR count). The molecule has 1 saturated heterocycles. The maximum absolute atomic E-state index is 14.1. The molecule has 0 amide bonds. The number of nitrogens with zero attached hydrogens (tertiary/aromatic N) is 1. The minimum absolute atomic E-state index is 0.170. The molecule has 0 aliphatic carbocycles. The minimum Gasteiger partial charge on any atom is -0.368 e. The van der Waals surface area contributed by atoms with E-state index >= 15 is 0 Å². The summed E-state index contributed by atoms with van der Waals surface area (Å²) in [5, 5.41) is 0. The first-order valence-electron chi connectivity index (χ1n) is 6.93. The zero-order valence-electron chi connectivity index (χ0n) is 11.2. The van der Waals surface area contributed by atoms with Gasteiger partial charge in [-0.25, -0.2) is 4.39 Å². The van der Waals surface area contributed by atoms with Crippen molar-refractivity contribution in [2.75, 3.05) is 18.0 Å². The molecule has 3 heteroatoms. The SMILES string of the molecule is Fc1cccc(CCl)c1N1CCC(c2ccccc2)C1. The van der Waals surface area contributed by atoms with E-state index in [1.54, 1.807) is 6.07 Å². The fourth-order valence-corrected chi connectivity index (χ4v) is 3.20. The molecule has 0 N–H and O–H groups in total. The van der Waals surface area contributed by atoms with Gasteiger partial charge in [-0.2, -0.15) is 0 Å². The van der Waals surface area contributed by atoms with Crippen LogP contribution < -0.4 is 4.90 Å². The van der Waals surface area contributed by atoms with Crippen molar-refractivity contribution in [1.29, 1.82) is 0 Å². The van der Waals surface area contributed by atoms with E-state index in [1.165, 1.54) is 11.6 Å². The average molecular weight is 290 g/mol. The lowest BCUT2D eigenvalue weighted by Gasteiger charge is -2.22. The van der Waals surface area contributed by atoms with Gasteiger partial charge in [0.25, 0.3) is 0 Å². The number of hydrogen-bond acceptors (Lipinski definition) is 1. The Morgan fingerprint density at radius 3 is 2.65 bits per heavy atom. The fraction of sp³-hybridized carbons (Fsp3) is 0.294. The monoisotopic (exact) mass is 289 g/mol. The lowest BCUT2D eigenvalue weighted by atomic mass is 9.99. The third-order valence-electron chi connectivity index (χ3n) is 3.99. The summed E-state index contributed by atoms with van der Waals surface area (Å²) in [5.41, 5.74) is 2.89. The molecule has 1 aliphatic rings. The number of alkyl halides is 1. The van der Waals surface area contributed by atoms with Crippen molar-refractivity contribution in [1.82, 2.24) is 0 Å². The first kappa shape index (κ1) is 13.4. The normalized spacial score (nSPS) is 18.5. The third-order valence-corrected chi connectivity index (χ3v) is 4.28. The molecule has 104 valence electrons. The summed E-state index contributed by atoms with van der Waals surface area (Å²) in [6.45, 7) is 1.74. The summed E-state index contributed by atoms with van der Waals surface area (Å²) in [7, 11) is 0. The first-order valence-corrected chi connectivity index (χ1v) is 7.46. The van der Waals surface area contributed by atoms with E-state index in [9.17, 15) is 4.39 Å². The van der Waals surface area contributed by atoms with Gasteiger partial charge >= 0.3 is 0 Å². The topological polar surface area (TPSA) is 3.24 Å². The predicted octanol–water partition coefficient (Wildman–Crippen LogP) is 4.56. The maximum atomic E-state index is 14.1. The van der Waals surface area contributed by atoms with Gasteiger partial charge < -0.3 is 4.90 Å². The van der Waals surface area contributed by atoms with Crippen molar-refractivity contribution in [2.24, 2.45) is 0 Å². The molecule has 0 aromatic heterocycles. The van der Waals surface area contributed by atoms with Crippen molar-refractivity contribution in [3.05, 3.63) is 65.5 Å². The molecule has 0 saturated carbocycles. The van der Waals surface area contributed by atoms with E-state index in [-0.39, 0.29) is 5.82 Å². The Kier molecular flexibility index (Phi) is 3.93. The highest BCUT2D eigenvalue weighted by Crippen LogP contribution is 2.34. The Balaban J connectivity index is 1.84. The van der Waals surface area contributed by atoms with Gasteiger partial charge in [0.05, 0.1) is 5.69 Å². The van der Waals surface area contributed by atoms with E-state index in [1.807, 2.05) is 12.1 Å². The van der Waals surface area contributed by atoms with Crippen LogP contribution >= 0.6 is 11.6 Å². The second-order valence-corrected chi connectivity index (χ2v) is 5.49. The molecule has 1 unspecified atom stereocenters. The quantitative estimate of drug-likeness (QED) is 0.749. The smallest absolute Gasteiger partial charge is 0.146 e. The second-order valence-electron chi connectivity index (χ2n) is 5.22. The molecule has 0 spiro atoms. The summed E-state index contributed by atoms with van der Waals surface area (Å²) < 4.78 is 14.1. The average Bonchev–Trinajstić information content (AvgIpc) is 2.97. The number of hydrogen-bond donors (Lipinski definition) is 0. The minimum atomic E-state index is -0.170. The Morgan fingerprint density at radius 2 is 1.90 bits per heavy atom. The van der Waals surface area contributed by atoms with Crippen LogP contribution in [0.1, 0.15) is 23.5 Å². The van der Waals surface area contributed by atoms with Gasteiger partial charge in [0.1, 0.15) is 5.82 Å². The van der Waals surface area contributed by atoms with E-state index in [0.29, 0.717) is 17.5 Å². The molecule has 0 radical (unpaired) electrons. The molecular formula is C17H17ClFN. The molecule has 1 atom stereocenters. The number of benzene rings is 2. The standard InChI is InChI=1S/C17H17ClFN/c18-11-14-7-4-8-16(19)17(14)20-10-9-15(12-20)13-5-2-1-3-6-13/h1-8,15H,9-12H2. The molecular weight excluding hydrogens is 273 g/mol. The van der Waals surface area contributed by atoms with Gasteiger partial charge in [-0.05, 0) is 23.6 Å². The lowest BCUT2D eigenvalue weighted by Crippen LogP contribution is -2.21. The molecule has 1 aliphatic heterocycles. The van der Waals surface area contributed by atoms with Crippen LogP contribution in [0.5, 0.6) is 0 Å². The second kappa shape index (κ2) is 5.84. The summed E-state index contributed by atoms with van der Waals surface area (Å²) in [6, 6.07) is 15.6. The Bertz CT molecular complexity index is 585. The van der Waals surface area contributed by atoms with Crippen molar-refractivity contribution >= 4 is 17.3 Å². The summed E-state index contributed by atoms with van der Waals surface area (Å²) in [4.78, 5) is 2.13. The van der Waals surface area contributed by atoms with E-state index in [2.05, 4.69) is 29.2 Å².